The first-order valence-corrected chi connectivity index (χ1v) is 12.4. The summed E-state index contributed by atoms with van der Waals surface area (Å²) in [4.78, 5) is 12.1. The van der Waals surface area contributed by atoms with E-state index in [1.807, 2.05) is 12.2 Å². The van der Waals surface area contributed by atoms with Crippen LogP contribution in [0.15, 0.2) is 48.6 Å². The van der Waals surface area contributed by atoms with Crippen LogP contribution in [0.5, 0.6) is 0 Å². The van der Waals surface area contributed by atoms with Crippen molar-refractivity contribution in [3.05, 3.63) is 48.6 Å². The van der Waals surface area contributed by atoms with Gasteiger partial charge < -0.3 is 4.43 Å². The summed E-state index contributed by atoms with van der Waals surface area (Å²) in [5.41, 5.74) is 0.906. The summed E-state index contributed by atoms with van der Waals surface area (Å²) in [7, 11) is -1.83. The summed E-state index contributed by atoms with van der Waals surface area (Å²) < 4.78 is 6.63. The Morgan fingerprint density at radius 2 is 1.96 bits per heavy atom. The van der Waals surface area contributed by atoms with E-state index in [9.17, 15) is 4.79 Å². The molecule has 0 aromatic carbocycles. The number of carbonyl (C=O) groups is 1. The molecule has 2 nitrogen and oxygen atoms in total. The van der Waals surface area contributed by atoms with Crippen molar-refractivity contribution in [2.75, 3.05) is 0 Å². The summed E-state index contributed by atoms with van der Waals surface area (Å²) in [5.74, 6) is 0.326. The minimum atomic E-state index is -1.83. The zero-order valence-electron chi connectivity index (χ0n) is 17.0. The molecule has 0 radical (unpaired) electrons. The molecule has 0 saturated heterocycles. The molecule has 1 aliphatic rings. The molecule has 1 aliphatic carbocycles. The highest BCUT2D eigenvalue weighted by molar-refractivity contribution is 6.74. The van der Waals surface area contributed by atoms with Gasteiger partial charge in [-0.1, -0.05) is 58.1 Å². The minimum Gasteiger partial charge on any atom is -0.413 e. The number of hydrogen-bond acceptors (Lipinski definition) is 2. The van der Waals surface area contributed by atoms with Crippen LogP contribution in [0.4, 0.5) is 0 Å². The molecule has 0 fully saturated rings. The van der Waals surface area contributed by atoms with E-state index in [0.29, 0.717) is 0 Å². The van der Waals surface area contributed by atoms with Gasteiger partial charge in [0.2, 0.25) is 0 Å². The Balaban J connectivity index is 2.90. The number of rotatable bonds is 9. The summed E-state index contributed by atoms with van der Waals surface area (Å²) >= 11 is 0. The highest BCUT2D eigenvalue weighted by Crippen LogP contribution is 2.38. The first-order valence-electron chi connectivity index (χ1n) is 9.48. The molecule has 0 aliphatic heterocycles. The van der Waals surface area contributed by atoms with Gasteiger partial charge in [-0.15, -0.1) is 6.58 Å². The van der Waals surface area contributed by atoms with Crippen molar-refractivity contribution in [1.29, 1.82) is 0 Å². The summed E-state index contributed by atoms with van der Waals surface area (Å²) in [6, 6.07) is 0. The molecule has 3 heteroatoms. The van der Waals surface area contributed by atoms with E-state index in [0.717, 1.165) is 31.3 Å². The number of carbonyl (C=O) groups excluding carboxylic acids is 1. The summed E-state index contributed by atoms with van der Waals surface area (Å²) in [6.07, 6.45) is 15.8. The molecule has 0 aromatic heterocycles. The quantitative estimate of drug-likeness (QED) is 0.271. The van der Waals surface area contributed by atoms with Gasteiger partial charge >= 0.3 is 0 Å². The molecular formula is C22H36O2Si. The normalized spacial score (nSPS) is 21.4. The molecule has 0 heterocycles. The highest BCUT2D eigenvalue weighted by atomic mass is 28.4. The van der Waals surface area contributed by atoms with Gasteiger partial charge in [0.1, 0.15) is 0 Å². The predicted octanol–water partition coefficient (Wildman–Crippen LogP) is 6.38. The lowest BCUT2D eigenvalue weighted by Crippen LogP contribution is -2.43. The average molecular weight is 361 g/mol. The van der Waals surface area contributed by atoms with Crippen molar-refractivity contribution >= 4 is 14.1 Å². The van der Waals surface area contributed by atoms with E-state index in [4.69, 9.17) is 4.43 Å². The Morgan fingerprint density at radius 3 is 2.52 bits per heavy atom. The molecule has 2 atom stereocenters. The second-order valence-corrected chi connectivity index (χ2v) is 13.1. The maximum Gasteiger partial charge on any atom is 0.192 e. The third-order valence-corrected chi connectivity index (χ3v) is 9.79. The Labute approximate surface area is 155 Å². The number of allylic oxidation sites excluding steroid dienone is 5. The molecule has 0 amide bonds. The third-order valence-electron chi connectivity index (χ3n) is 5.25. The third kappa shape index (κ3) is 6.56. The maximum atomic E-state index is 12.1. The van der Waals surface area contributed by atoms with Crippen molar-refractivity contribution in [1.82, 2.24) is 0 Å². The van der Waals surface area contributed by atoms with Crippen LogP contribution < -0.4 is 0 Å². The fourth-order valence-electron chi connectivity index (χ4n) is 2.68. The van der Waals surface area contributed by atoms with Crippen LogP contribution in [0.3, 0.4) is 0 Å². The highest BCUT2D eigenvalue weighted by Gasteiger charge is 2.38. The first-order chi connectivity index (χ1) is 11.6. The minimum absolute atomic E-state index is 0.133. The molecule has 140 valence electrons. The molecule has 0 N–H and O–H groups in total. The molecule has 0 spiro atoms. The summed E-state index contributed by atoms with van der Waals surface area (Å²) in [6.45, 7) is 17.3. The molecule has 0 bridgehead atoms. The summed E-state index contributed by atoms with van der Waals surface area (Å²) in [5, 5.41) is 0.184. The van der Waals surface area contributed by atoms with Crippen LogP contribution in [0.2, 0.25) is 18.1 Å². The fraction of sp³-hybridized carbons (Fsp3) is 0.591. The van der Waals surface area contributed by atoms with Gasteiger partial charge in [0.25, 0.3) is 0 Å². The van der Waals surface area contributed by atoms with Crippen molar-refractivity contribution in [3.8, 4) is 0 Å². The van der Waals surface area contributed by atoms with E-state index in [-0.39, 0.29) is 22.8 Å². The monoisotopic (exact) mass is 360 g/mol. The van der Waals surface area contributed by atoms with E-state index in [1.54, 1.807) is 6.08 Å². The first kappa shape index (κ1) is 21.8. The van der Waals surface area contributed by atoms with Crippen molar-refractivity contribution < 1.29 is 9.22 Å². The molecule has 0 unspecified atom stereocenters. The fourth-order valence-corrected chi connectivity index (χ4v) is 4.06. The Hall–Kier alpha value is -1.19. The second kappa shape index (κ2) is 9.49. The van der Waals surface area contributed by atoms with Gasteiger partial charge in [0.05, 0.1) is 6.10 Å². The molecular weight excluding hydrogens is 324 g/mol. The average Bonchev–Trinajstić information content (AvgIpc) is 2.84. The molecule has 0 saturated carbocycles. The van der Waals surface area contributed by atoms with Gasteiger partial charge in [-0.05, 0) is 49.9 Å². The van der Waals surface area contributed by atoms with Gasteiger partial charge in [-0.25, -0.2) is 0 Å². The smallest absolute Gasteiger partial charge is 0.192 e. The Kier molecular flexibility index (Phi) is 8.29. The van der Waals surface area contributed by atoms with Gasteiger partial charge in [-0.3, -0.25) is 4.79 Å². The number of ketones is 1. The molecule has 25 heavy (non-hydrogen) atoms. The van der Waals surface area contributed by atoms with Gasteiger partial charge in [0.15, 0.2) is 14.1 Å². The largest absolute Gasteiger partial charge is 0.413 e. The van der Waals surface area contributed by atoms with Crippen molar-refractivity contribution in [3.63, 3.8) is 0 Å². The SMILES string of the molecule is C=CC[C@H]1C=CC(=O)/C1=C/C[C@H](C/C=C\CC)O[Si](C)(C)C(C)(C)C. The van der Waals surface area contributed by atoms with Crippen molar-refractivity contribution in [2.24, 2.45) is 5.92 Å². The Morgan fingerprint density at radius 1 is 1.28 bits per heavy atom. The topological polar surface area (TPSA) is 26.3 Å². The lowest BCUT2D eigenvalue weighted by atomic mass is 9.96. The van der Waals surface area contributed by atoms with Crippen LogP contribution in [0.25, 0.3) is 0 Å². The van der Waals surface area contributed by atoms with Crippen LogP contribution in [0.1, 0.15) is 53.4 Å². The maximum absolute atomic E-state index is 12.1. The Bertz CT molecular complexity index is 547. The lowest BCUT2D eigenvalue weighted by molar-refractivity contribution is -0.111. The van der Waals surface area contributed by atoms with E-state index in [1.165, 1.54) is 0 Å². The molecule has 0 aromatic rings. The van der Waals surface area contributed by atoms with Gasteiger partial charge in [-0.2, -0.15) is 0 Å². The second-order valence-electron chi connectivity index (χ2n) is 8.36. The zero-order valence-corrected chi connectivity index (χ0v) is 18.0. The standard InChI is InChI=1S/C22H36O2Si/c1-8-10-11-13-19(24-25(6,7)22(3,4)5)15-16-20-18(12-9-2)14-17-21(20)23/h9-11,14,16-19H,2,8,12-13,15H2,1,3-7H3/b11-10-,20-16+/t18-,19-/m0/s1. The van der Waals surface area contributed by atoms with Crippen LogP contribution >= 0.6 is 0 Å². The van der Waals surface area contributed by atoms with Gasteiger partial charge in [0, 0.05) is 11.5 Å². The zero-order chi connectivity index (χ0) is 19.1. The molecule has 1 rings (SSSR count). The van der Waals surface area contributed by atoms with Crippen LogP contribution in [-0.2, 0) is 9.22 Å². The predicted molar refractivity (Wildman–Crippen MR) is 111 cm³/mol. The van der Waals surface area contributed by atoms with Crippen LogP contribution in [-0.4, -0.2) is 20.2 Å². The van der Waals surface area contributed by atoms with E-state index < -0.39 is 8.32 Å². The van der Waals surface area contributed by atoms with E-state index >= 15 is 0 Å². The lowest BCUT2D eigenvalue weighted by Gasteiger charge is -2.39. The number of hydrogen-bond donors (Lipinski definition) is 0. The van der Waals surface area contributed by atoms with E-state index in [2.05, 4.69) is 65.6 Å². The van der Waals surface area contributed by atoms with Crippen molar-refractivity contribution in [2.45, 2.75) is 77.6 Å². The van der Waals surface area contributed by atoms with Crippen LogP contribution in [0, 0.1) is 5.92 Å².